The van der Waals surface area contributed by atoms with Crippen molar-refractivity contribution in [3.05, 3.63) is 48.9 Å². The molecule has 0 fully saturated rings. The van der Waals surface area contributed by atoms with Crippen molar-refractivity contribution in [1.29, 1.82) is 0 Å². The predicted octanol–water partition coefficient (Wildman–Crippen LogP) is 4.51. The number of hydrogen-bond donors (Lipinski definition) is 0. The van der Waals surface area contributed by atoms with Gasteiger partial charge in [0.1, 0.15) is 0 Å². The number of likely N-dealkylation sites (N-methyl/N-ethyl adjacent to an activating group) is 1. The van der Waals surface area contributed by atoms with E-state index in [4.69, 9.17) is 0 Å². The van der Waals surface area contributed by atoms with Gasteiger partial charge in [0.25, 0.3) is 0 Å². The van der Waals surface area contributed by atoms with E-state index < -0.39 is 0 Å². The Morgan fingerprint density at radius 2 is 1.53 bits per heavy atom. The lowest BCUT2D eigenvalue weighted by atomic mass is 10.2. The molecule has 0 aromatic rings. The van der Waals surface area contributed by atoms with E-state index in [2.05, 4.69) is 19.7 Å². The highest BCUT2D eigenvalue weighted by atomic mass is 15.1. The molecule has 0 spiro atoms. The highest BCUT2D eigenvalue weighted by Crippen LogP contribution is 2.29. The zero-order valence-electron chi connectivity index (χ0n) is 10.9. The molecule has 15 heavy (non-hydrogen) atoms. The second-order valence-corrected chi connectivity index (χ2v) is 2.62. The maximum atomic E-state index is 3.92. The molecule has 0 unspecified atom stereocenters. The largest absolute Gasteiger partial charge is 0.348 e. The Bertz CT molecular complexity index is 246. The maximum absolute atomic E-state index is 3.92. The Balaban J connectivity index is 0. The summed E-state index contributed by atoms with van der Waals surface area (Å²) in [6.07, 6.45) is 4.61. The van der Waals surface area contributed by atoms with Gasteiger partial charge in [0.05, 0.1) is 0 Å². The molecule has 1 rings (SSSR count). The Kier molecular flexibility index (Phi) is 10.1. The molecule has 0 amide bonds. The van der Waals surface area contributed by atoms with Crippen molar-refractivity contribution in [2.45, 2.75) is 34.1 Å². The first kappa shape index (κ1) is 16.2. The summed E-state index contributed by atoms with van der Waals surface area (Å²) in [5, 5.41) is 0. The van der Waals surface area contributed by atoms with Gasteiger partial charge in [-0.2, -0.15) is 0 Å². The van der Waals surface area contributed by atoms with Gasteiger partial charge in [-0.05, 0) is 11.6 Å². The summed E-state index contributed by atoms with van der Waals surface area (Å²) < 4.78 is 0. The zero-order chi connectivity index (χ0) is 12.4. The van der Waals surface area contributed by atoms with Gasteiger partial charge in [-0.1, -0.05) is 53.5 Å². The van der Waals surface area contributed by atoms with Gasteiger partial charge in [-0.15, -0.1) is 0 Å². The van der Waals surface area contributed by atoms with Gasteiger partial charge in [-0.25, -0.2) is 0 Å². The molecule has 0 saturated heterocycles. The molecular formula is C14H25N. The normalized spacial score (nSPS) is 13.7. The van der Waals surface area contributed by atoms with Crippen LogP contribution < -0.4 is 0 Å². The van der Waals surface area contributed by atoms with Crippen LogP contribution in [-0.4, -0.2) is 11.9 Å². The van der Waals surface area contributed by atoms with Crippen LogP contribution in [0.2, 0.25) is 0 Å². The summed E-state index contributed by atoms with van der Waals surface area (Å²) in [5.74, 6) is 0. The van der Waals surface area contributed by atoms with E-state index in [-0.39, 0.29) is 0 Å². The molecule has 0 saturated carbocycles. The third kappa shape index (κ3) is 4.20. The SMILES string of the molecule is C=CC1=C(C=C)N(C)C(=C)C1.CC.CC. The van der Waals surface area contributed by atoms with Crippen molar-refractivity contribution in [3.8, 4) is 0 Å². The molecule has 1 aliphatic rings. The van der Waals surface area contributed by atoms with E-state index in [1.54, 1.807) is 0 Å². The van der Waals surface area contributed by atoms with Gasteiger partial charge in [0.15, 0.2) is 0 Å². The van der Waals surface area contributed by atoms with E-state index in [1.165, 1.54) is 5.57 Å². The summed E-state index contributed by atoms with van der Waals surface area (Å²) >= 11 is 0. The minimum atomic E-state index is 0.904. The monoisotopic (exact) mass is 207 g/mol. The predicted molar refractivity (Wildman–Crippen MR) is 71.6 cm³/mol. The fourth-order valence-corrected chi connectivity index (χ4v) is 1.26. The second-order valence-electron chi connectivity index (χ2n) is 2.62. The Morgan fingerprint density at radius 1 is 1.07 bits per heavy atom. The van der Waals surface area contributed by atoms with Crippen LogP contribution >= 0.6 is 0 Å². The van der Waals surface area contributed by atoms with Gasteiger partial charge >= 0.3 is 0 Å². The van der Waals surface area contributed by atoms with E-state index in [9.17, 15) is 0 Å². The van der Waals surface area contributed by atoms with Gasteiger partial charge in [0.2, 0.25) is 0 Å². The van der Waals surface area contributed by atoms with E-state index in [0.717, 1.165) is 17.8 Å². The molecule has 86 valence electrons. The lowest BCUT2D eigenvalue weighted by Crippen LogP contribution is -2.08. The summed E-state index contributed by atoms with van der Waals surface area (Å²) in [6, 6.07) is 0. The molecule has 0 aromatic carbocycles. The van der Waals surface area contributed by atoms with Crippen molar-refractivity contribution in [1.82, 2.24) is 4.90 Å². The highest BCUT2D eigenvalue weighted by Gasteiger charge is 2.17. The Morgan fingerprint density at radius 3 is 1.80 bits per heavy atom. The molecule has 0 radical (unpaired) electrons. The van der Waals surface area contributed by atoms with Crippen LogP contribution in [-0.2, 0) is 0 Å². The first-order chi connectivity index (χ1) is 7.20. The number of nitrogens with zero attached hydrogens (tertiary/aromatic N) is 1. The fourth-order valence-electron chi connectivity index (χ4n) is 1.26. The highest BCUT2D eigenvalue weighted by molar-refractivity contribution is 5.40. The molecule has 1 heteroatoms. The van der Waals surface area contributed by atoms with Crippen molar-refractivity contribution >= 4 is 0 Å². The Hall–Kier alpha value is -1.24. The average Bonchev–Trinajstić information content (AvgIpc) is 2.60. The zero-order valence-corrected chi connectivity index (χ0v) is 10.9. The summed E-state index contributed by atoms with van der Waals surface area (Å²) in [7, 11) is 2.00. The number of allylic oxidation sites excluding steroid dienone is 3. The minimum absolute atomic E-state index is 0.904. The van der Waals surface area contributed by atoms with Crippen LogP contribution in [0.4, 0.5) is 0 Å². The van der Waals surface area contributed by atoms with Gasteiger partial charge in [-0.3, -0.25) is 0 Å². The van der Waals surface area contributed by atoms with Crippen LogP contribution in [0.3, 0.4) is 0 Å². The van der Waals surface area contributed by atoms with Crippen LogP contribution in [0.15, 0.2) is 48.9 Å². The lowest BCUT2D eigenvalue weighted by molar-refractivity contribution is 0.558. The molecule has 1 nitrogen and oxygen atoms in total. The third-order valence-corrected chi connectivity index (χ3v) is 2.00. The van der Waals surface area contributed by atoms with E-state index >= 15 is 0 Å². The second kappa shape index (κ2) is 9.32. The topological polar surface area (TPSA) is 3.24 Å². The lowest BCUT2D eigenvalue weighted by Gasteiger charge is -2.13. The molecule has 0 aromatic heterocycles. The summed E-state index contributed by atoms with van der Waals surface area (Å²) in [6.45, 7) is 19.4. The molecule has 0 bridgehead atoms. The minimum Gasteiger partial charge on any atom is -0.348 e. The van der Waals surface area contributed by atoms with Crippen molar-refractivity contribution < 1.29 is 0 Å². The van der Waals surface area contributed by atoms with Crippen LogP contribution in [0, 0.1) is 0 Å². The van der Waals surface area contributed by atoms with Crippen LogP contribution in [0.1, 0.15) is 34.1 Å². The third-order valence-electron chi connectivity index (χ3n) is 2.00. The Labute approximate surface area is 95.5 Å². The molecule has 0 aliphatic carbocycles. The average molecular weight is 207 g/mol. The molecule has 0 atom stereocenters. The maximum Gasteiger partial charge on any atom is 0.0435 e. The van der Waals surface area contributed by atoms with E-state index in [1.807, 2.05) is 51.8 Å². The fraction of sp³-hybridized carbons (Fsp3) is 0.429. The van der Waals surface area contributed by atoms with Gasteiger partial charge < -0.3 is 4.90 Å². The summed E-state index contributed by atoms with van der Waals surface area (Å²) in [4.78, 5) is 2.05. The first-order valence-corrected chi connectivity index (χ1v) is 5.60. The molecular weight excluding hydrogens is 182 g/mol. The first-order valence-electron chi connectivity index (χ1n) is 5.60. The van der Waals surface area contributed by atoms with Crippen molar-refractivity contribution in [2.75, 3.05) is 7.05 Å². The van der Waals surface area contributed by atoms with Gasteiger partial charge in [0, 0.05) is 24.9 Å². The summed E-state index contributed by atoms with van der Waals surface area (Å²) in [5.41, 5.74) is 3.45. The van der Waals surface area contributed by atoms with E-state index in [0.29, 0.717) is 0 Å². The molecule has 1 aliphatic heterocycles. The van der Waals surface area contributed by atoms with Crippen LogP contribution in [0.25, 0.3) is 0 Å². The number of hydrogen-bond acceptors (Lipinski definition) is 1. The molecule has 0 N–H and O–H groups in total. The van der Waals surface area contributed by atoms with Crippen molar-refractivity contribution in [3.63, 3.8) is 0 Å². The number of rotatable bonds is 2. The quantitative estimate of drug-likeness (QED) is 0.643. The standard InChI is InChI=1S/C10H13N.2C2H6/c1-5-9-7-8(3)11(4)10(9)6-2;2*1-2/h5-6H,1-3,7H2,4H3;2*1-2H3. The molecule has 1 heterocycles. The van der Waals surface area contributed by atoms with Crippen LogP contribution in [0.5, 0.6) is 0 Å². The van der Waals surface area contributed by atoms with Crippen molar-refractivity contribution in [2.24, 2.45) is 0 Å². The smallest absolute Gasteiger partial charge is 0.0435 e.